The highest BCUT2D eigenvalue weighted by Crippen LogP contribution is 2.36. The lowest BCUT2D eigenvalue weighted by molar-refractivity contribution is 0.102. The van der Waals surface area contributed by atoms with E-state index in [0.29, 0.717) is 32.0 Å². The van der Waals surface area contributed by atoms with E-state index in [-0.39, 0.29) is 11.7 Å². The number of aromatic nitrogens is 1. The molecule has 154 valence electrons. The quantitative estimate of drug-likeness (QED) is 0.267. The normalized spacial score (nSPS) is 10.9. The Hall–Kier alpha value is -3.55. The Morgan fingerprint density at radius 2 is 1.71 bits per heavy atom. The SMILES string of the molecule is O=C(Nc1sc(NN=Cc2ccccc2F)nc1-c1ccccc1)c1ccc(Cl)cc1. The van der Waals surface area contributed by atoms with Crippen LogP contribution in [0.5, 0.6) is 0 Å². The number of carbonyl (C=O) groups excluding carboxylic acids is 1. The topological polar surface area (TPSA) is 66.4 Å². The van der Waals surface area contributed by atoms with Crippen LogP contribution in [0.2, 0.25) is 5.02 Å². The maximum atomic E-state index is 13.7. The van der Waals surface area contributed by atoms with Crippen LogP contribution in [0, 0.1) is 5.82 Å². The first-order chi connectivity index (χ1) is 15.1. The average Bonchev–Trinajstić information content (AvgIpc) is 3.18. The van der Waals surface area contributed by atoms with E-state index in [4.69, 9.17) is 11.6 Å². The summed E-state index contributed by atoms with van der Waals surface area (Å²) in [6.07, 6.45) is 1.38. The second-order valence-corrected chi connectivity index (χ2v) is 7.85. The number of thiazole rings is 1. The summed E-state index contributed by atoms with van der Waals surface area (Å²) in [5.74, 6) is -0.646. The molecule has 0 aliphatic heterocycles. The molecule has 1 aromatic heterocycles. The Morgan fingerprint density at radius 1 is 1.00 bits per heavy atom. The molecule has 0 fully saturated rings. The molecule has 0 radical (unpaired) electrons. The van der Waals surface area contributed by atoms with Crippen molar-refractivity contribution in [3.8, 4) is 11.3 Å². The highest BCUT2D eigenvalue weighted by Gasteiger charge is 2.16. The van der Waals surface area contributed by atoms with Crippen LogP contribution in [-0.2, 0) is 0 Å². The molecule has 1 heterocycles. The lowest BCUT2D eigenvalue weighted by Crippen LogP contribution is -2.11. The van der Waals surface area contributed by atoms with Crippen LogP contribution in [0.15, 0.2) is 84.0 Å². The van der Waals surface area contributed by atoms with Gasteiger partial charge in [0.15, 0.2) is 0 Å². The van der Waals surface area contributed by atoms with E-state index in [1.165, 1.54) is 23.6 Å². The minimum atomic E-state index is -0.368. The van der Waals surface area contributed by atoms with Gasteiger partial charge in [-0.25, -0.2) is 9.37 Å². The predicted octanol–water partition coefficient (Wildman–Crippen LogP) is 6.30. The number of hydrazone groups is 1. The van der Waals surface area contributed by atoms with Crippen molar-refractivity contribution in [1.29, 1.82) is 0 Å². The molecule has 0 aliphatic carbocycles. The van der Waals surface area contributed by atoms with Gasteiger partial charge in [-0.05, 0) is 30.3 Å². The Bertz CT molecular complexity index is 1230. The van der Waals surface area contributed by atoms with Crippen molar-refractivity contribution in [3.63, 3.8) is 0 Å². The third-order valence-corrected chi connectivity index (χ3v) is 5.40. The lowest BCUT2D eigenvalue weighted by Gasteiger charge is -2.05. The summed E-state index contributed by atoms with van der Waals surface area (Å²) >= 11 is 7.13. The molecule has 5 nitrogen and oxygen atoms in total. The Morgan fingerprint density at radius 3 is 2.45 bits per heavy atom. The molecule has 31 heavy (non-hydrogen) atoms. The first-order valence-electron chi connectivity index (χ1n) is 9.27. The Kier molecular flexibility index (Phi) is 6.35. The molecule has 0 saturated carbocycles. The molecule has 3 aromatic carbocycles. The highest BCUT2D eigenvalue weighted by molar-refractivity contribution is 7.20. The summed E-state index contributed by atoms with van der Waals surface area (Å²) < 4.78 is 13.7. The van der Waals surface area contributed by atoms with Crippen LogP contribution >= 0.6 is 22.9 Å². The average molecular weight is 451 g/mol. The molecule has 4 rings (SSSR count). The number of nitrogens with zero attached hydrogens (tertiary/aromatic N) is 2. The molecule has 1 amide bonds. The van der Waals surface area contributed by atoms with Crippen LogP contribution in [0.25, 0.3) is 11.3 Å². The number of hydrogen-bond acceptors (Lipinski definition) is 5. The van der Waals surface area contributed by atoms with E-state index < -0.39 is 0 Å². The van der Waals surface area contributed by atoms with E-state index in [2.05, 4.69) is 20.8 Å². The number of rotatable bonds is 6. The van der Waals surface area contributed by atoms with Crippen LogP contribution in [0.1, 0.15) is 15.9 Å². The van der Waals surface area contributed by atoms with Gasteiger partial charge in [-0.3, -0.25) is 10.2 Å². The second kappa shape index (κ2) is 9.51. The van der Waals surface area contributed by atoms with Crippen molar-refractivity contribution in [2.24, 2.45) is 5.10 Å². The Balaban J connectivity index is 1.59. The lowest BCUT2D eigenvalue weighted by atomic mass is 10.1. The minimum Gasteiger partial charge on any atom is -0.312 e. The van der Waals surface area contributed by atoms with E-state index in [1.807, 2.05) is 30.3 Å². The van der Waals surface area contributed by atoms with Crippen molar-refractivity contribution >= 4 is 45.2 Å². The van der Waals surface area contributed by atoms with E-state index in [9.17, 15) is 9.18 Å². The summed E-state index contributed by atoms with van der Waals surface area (Å²) in [6, 6.07) is 22.4. The molecule has 0 aliphatic rings. The molecular weight excluding hydrogens is 435 g/mol. The second-order valence-electron chi connectivity index (χ2n) is 6.42. The molecule has 0 bridgehead atoms. The summed E-state index contributed by atoms with van der Waals surface area (Å²) in [6.45, 7) is 0. The standard InChI is InChI=1S/C23H16ClFN4OS/c24-18-12-10-16(11-13-18)21(30)28-22-20(15-6-2-1-3-7-15)27-23(31-22)29-26-14-17-8-4-5-9-19(17)25/h1-14H,(H,27,29)(H,28,30). The largest absolute Gasteiger partial charge is 0.312 e. The third-order valence-electron chi connectivity index (χ3n) is 4.28. The van der Waals surface area contributed by atoms with Crippen LogP contribution < -0.4 is 10.7 Å². The summed E-state index contributed by atoms with van der Waals surface area (Å²) in [4.78, 5) is 17.2. The number of hydrogen-bond donors (Lipinski definition) is 2. The maximum absolute atomic E-state index is 13.7. The maximum Gasteiger partial charge on any atom is 0.256 e. The first-order valence-corrected chi connectivity index (χ1v) is 10.5. The number of halogens is 2. The zero-order chi connectivity index (χ0) is 21.6. The van der Waals surface area contributed by atoms with Gasteiger partial charge < -0.3 is 5.32 Å². The summed E-state index contributed by atoms with van der Waals surface area (Å²) in [5.41, 5.74) is 5.09. The predicted molar refractivity (Wildman–Crippen MR) is 125 cm³/mol. The van der Waals surface area contributed by atoms with E-state index in [0.717, 1.165) is 5.56 Å². The molecule has 0 spiro atoms. The van der Waals surface area contributed by atoms with Gasteiger partial charge in [-0.2, -0.15) is 5.10 Å². The molecule has 4 aromatic rings. The van der Waals surface area contributed by atoms with Crippen molar-refractivity contribution in [1.82, 2.24) is 4.98 Å². The fourth-order valence-corrected chi connectivity index (χ4v) is 3.72. The molecule has 0 unspecified atom stereocenters. The van der Waals surface area contributed by atoms with Gasteiger partial charge >= 0.3 is 0 Å². The van der Waals surface area contributed by atoms with Crippen molar-refractivity contribution < 1.29 is 9.18 Å². The smallest absolute Gasteiger partial charge is 0.256 e. The van der Waals surface area contributed by atoms with Crippen molar-refractivity contribution in [3.05, 3.63) is 101 Å². The van der Waals surface area contributed by atoms with Crippen molar-refractivity contribution in [2.45, 2.75) is 0 Å². The minimum absolute atomic E-state index is 0.279. The zero-order valence-electron chi connectivity index (χ0n) is 16.0. The molecule has 2 N–H and O–H groups in total. The molecule has 8 heteroatoms. The van der Waals surface area contributed by atoms with Gasteiger partial charge in [0.05, 0.1) is 6.21 Å². The number of carbonyl (C=O) groups is 1. The fraction of sp³-hybridized carbons (Fsp3) is 0. The number of anilines is 2. The van der Waals surface area contributed by atoms with Crippen LogP contribution in [0.3, 0.4) is 0 Å². The first kappa shape index (κ1) is 20.7. The number of amides is 1. The summed E-state index contributed by atoms with van der Waals surface area (Å²) in [7, 11) is 0. The van der Waals surface area contributed by atoms with Crippen LogP contribution in [0.4, 0.5) is 14.5 Å². The molecule has 0 saturated heterocycles. The van der Waals surface area contributed by atoms with Gasteiger partial charge in [0.2, 0.25) is 5.13 Å². The third kappa shape index (κ3) is 5.14. The Labute approximate surface area is 187 Å². The van der Waals surface area contributed by atoms with Gasteiger partial charge in [-0.1, -0.05) is 71.5 Å². The van der Waals surface area contributed by atoms with E-state index >= 15 is 0 Å². The zero-order valence-corrected chi connectivity index (χ0v) is 17.6. The van der Waals surface area contributed by atoms with Gasteiger partial charge in [0.1, 0.15) is 16.5 Å². The fourth-order valence-electron chi connectivity index (χ4n) is 2.76. The van der Waals surface area contributed by atoms with Crippen molar-refractivity contribution in [2.75, 3.05) is 10.7 Å². The summed E-state index contributed by atoms with van der Waals surface area (Å²) in [5, 5.41) is 8.55. The van der Waals surface area contributed by atoms with Gasteiger partial charge in [0, 0.05) is 21.7 Å². The van der Waals surface area contributed by atoms with Gasteiger partial charge in [-0.15, -0.1) is 0 Å². The molecular formula is C23H16ClFN4OS. The monoisotopic (exact) mass is 450 g/mol. The molecule has 0 atom stereocenters. The number of benzene rings is 3. The van der Waals surface area contributed by atoms with Crippen LogP contribution in [-0.4, -0.2) is 17.1 Å². The van der Waals surface area contributed by atoms with Gasteiger partial charge in [0.25, 0.3) is 5.91 Å². The highest BCUT2D eigenvalue weighted by atomic mass is 35.5. The number of nitrogens with one attached hydrogen (secondary N) is 2. The van der Waals surface area contributed by atoms with E-state index in [1.54, 1.807) is 42.5 Å².